The minimum Gasteiger partial charge on any atom is -0.463 e. The topological polar surface area (TPSA) is 80.4 Å². The Morgan fingerprint density at radius 1 is 1.14 bits per heavy atom. The van der Waals surface area contributed by atoms with Crippen LogP contribution in [0.5, 0.6) is 0 Å². The number of nitrogens with one attached hydrogen (secondary N) is 1. The quantitative estimate of drug-likeness (QED) is 0.459. The Hall–Kier alpha value is -4.20. The Morgan fingerprint density at radius 3 is 2.63 bits per heavy atom. The van der Waals surface area contributed by atoms with Crippen molar-refractivity contribution in [3.63, 3.8) is 0 Å². The number of halogens is 1. The highest BCUT2D eigenvalue weighted by atomic mass is 19.1. The van der Waals surface area contributed by atoms with Crippen LogP contribution in [-0.2, 0) is 17.9 Å². The molecule has 8 heteroatoms. The van der Waals surface area contributed by atoms with E-state index in [1.165, 1.54) is 12.1 Å². The summed E-state index contributed by atoms with van der Waals surface area (Å²) in [6.45, 7) is 6.00. The number of hydrogen-bond acceptors (Lipinski definition) is 4. The van der Waals surface area contributed by atoms with Gasteiger partial charge >= 0.3 is 0 Å². The lowest BCUT2D eigenvalue weighted by Crippen LogP contribution is -2.64. The average Bonchev–Trinajstić information content (AvgIpc) is 3.51. The first-order chi connectivity index (χ1) is 16.8. The van der Waals surface area contributed by atoms with Crippen molar-refractivity contribution in [1.82, 2.24) is 15.1 Å². The molecule has 0 aliphatic carbocycles. The first kappa shape index (κ1) is 22.6. The number of carbonyl (C=O) groups is 2. The number of anilines is 1. The van der Waals surface area contributed by atoms with Gasteiger partial charge in [0.1, 0.15) is 22.7 Å². The fourth-order valence-corrected chi connectivity index (χ4v) is 4.46. The number of rotatable bonds is 5. The van der Waals surface area contributed by atoms with Gasteiger partial charge in [-0.15, -0.1) is 0 Å². The zero-order valence-corrected chi connectivity index (χ0v) is 19.7. The maximum absolute atomic E-state index is 13.9. The number of nitrogens with zero attached hydrogens (tertiary/aromatic N) is 3. The fraction of sp³-hybridized carbons (Fsp3) is 0.222. The number of aryl methyl sites for hydroxylation is 1. The van der Waals surface area contributed by atoms with Gasteiger partial charge in [-0.1, -0.05) is 24.3 Å². The van der Waals surface area contributed by atoms with E-state index < -0.39 is 5.54 Å². The van der Waals surface area contributed by atoms with Crippen molar-refractivity contribution >= 4 is 17.5 Å². The highest BCUT2D eigenvalue weighted by molar-refractivity contribution is 6.12. The first-order valence-corrected chi connectivity index (χ1v) is 11.3. The molecule has 0 saturated heterocycles. The molecule has 1 N–H and O–H groups in total. The van der Waals surface area contributed by atoms with E-state index >= 15 is 0 Å². The highest BCUT2D eigenvalue weighted by Crippen LogP contribution is 2.36. The second-order valence-corrected chi connectivity index (χ2v) is 8.99. The van der Waals surface area contributed by atoms with Crippen LogP contribution in [0.1, 0.15) is 34.1 Å². The van der Waals surface area contributed by atoms with Gasteiger partial charge in [0.15, 0.2) is 5.76 Å². The number of hydrogen-bond donors (Lipinski definition) is 1. The number of fused-ring (bicyclic) bond motifs is 1. The Bertz CT molecular complexity index is 1410. The van der Waals surface area contributed by atoms with Crippen LogP contribution < -0.4 is 10.2 Å². The maximum Gasteiger partial charge on any atom is 0.277 e. The monoisotopic (exact) mass is 472 g/mol. The van der Waals surface area contributed by atoms with E-state index in [-0.39, 0.29) is 30.7 Å². The van der Waals surface area contributed by atoms with Gasteiger partial charge in [0.05, 0.1) is 12.8 Å². The molecule has 2 aromatic heterocycles. The molecule has 4 aromatic rings. The van der Waals surface area contributed by atoms with Crippen molar-refractivity contribution in [3.8, 4) is 11.5 Å². The van der Waals surface area contributed by atoms with E-state index in [1.807, 2.05) is 32.0 Å². The molecule has 1 unspecified atom stereocenters. The zero-order valence-electron chi connectivity index (χ0n) is 19.7. The van der Waals surface area contributed by atoms with E-state index in [4.69, 9.17) is 4.42 Å². The van der Waals surface area contributed by atoms with Crippen LogP contribution in [0.25, 0.3) is 11.5 Å². The van der Waals surface area contributed by atoms with Gasteiger partial charge in [-0.2, -0.15) is 5.10 Å². The molecular formula is C27H25FN4O3. The Morgan fingerprint density at radius 2 is 1.91 bits per heavy atom. The predicted molar refractivity (Wildman–Crippen MR) is 129 cm³/mol. The summed E-state index contributed by atoms with van der Waals surface area (Å²) in [5.41, 5.74) is 2.98. The summed E-state index contributed by atoms with van der Waals surface area (Å²) in [6.07, 6.45) is 1.55. The Kier molecular flexibility index (Phi) is 5.51. The molecule has 2 aromatic carbocycles. The smallest absolute Gasteiger partial charge is 0.277 e. The summed E-state index contributed by atoms with van der Waals surface area (Å²) < 4.78 is 20.3. The second-order valence-electron chi connectivity index (χ2n) is 8.99. The normalized spacial score (nSPS) is 17.4. The summed E-state index contributed by atoms with van der Waals surface area (Å²) in [5, 5.41) is 7.50. The van der Waals surface area contributed by atoms with Crippen molar-refractivity contribution in [2.24, 2.45) is 0 Å². The molecule has 0 saturated carbocycles. The minimum atomic E-state index is -1.27. The SMILES string of the molecule is Cc1cccc(N2C(=O)c3cc(-c4ccco4)nn3CC2(C)C(=O)NCc2ccc(F)cc2)c1C. The molecule has 7 nitrogen and oxygen atoms in total. The van der Waals surface area contributed by atoms with Gasteiger partial charge in [0.25, 0.3) is 5.91 Å². The lowest BCUT2D eigenvalue weighted by molar-refractivity contribution is -0.126. The summed E-state index contributed by atoms with van der Waals surface area (Å²) in [4.78, 5) is 29.2. The molecule has 1 aliphatic heterocycles. The van der Waals surface area contributed by atoms with Crippen molar-refractivity contribution < 1.29 is 18.4 Å². The van der Waals surface area contributed by atoms with E-state index in [9.17, 15) is 14.0 Å². The molecule has 2 amide bonds. The van der Waals surface area contributed by atoms with Crippen LogP contribution in [0.3, 0.4) is 0 Å². The molecule has 1 atom stereocenters. The first-order valence-electron chi connectivity index (χ1n) is 11.3. The lowest BCUT2D eigenvalue weighted by atomic mass is 9.92. The number of amides is 2. The summed E-state index contributed by atoms with van der Waals surface area (Å²) in [7, 11) is 0. The van der Waals surface area contributed by atoms with Crippen LogP contribution in [-0.4, -0.2) is 27.1 Å². The lowest BCUT2D eigenvalue weighted by Gasteiger charge is -2.43. The summed E-state index contributed by atoms with van der Waals surface area (Å²) in [5.74, 6) is -0.462. The molecule has 5 rings (SSSR count). The molecule has 35 heavy (non-hydrogen) atoms. The van der Waals surface area contributed by atoms with Gasteiger partial charge in [-0.05, 0) is 67.8 Å². The maximum atomic E-state index is 13.9. The third kappa shape index (κ3) is 3.90. The van der Waals surface area contributed by atoms with E-state index in [1.54, 1.807) is 53.1 Å². The number of benzene rings is 2. The average molecular weight is 473 g/mol. The van der Waals surface area contributed by atoms with Crippen molar-refractivity contribution in [3.05, 3.63) is 95.1 Å². The van der Waals surface area contributed by atoms with Gasteiger partial charge in [0.2, 0.25) is 5.91 Å². The molecule has 178 valence electrons. The molecule has 0 fully saturated rings. The second kappa shape index (κ2) is 8.54. The van der Waals surface area contributed by atoms with Crippen LogP contribution >= 0.6 is 0 Å². The van der Waals surface area contributed by atoms with Crippen LogP contribution in [0, 0.1) is 19.7 Å². The van der Waals surface area contributed by atoms with E-state index in [0.29, 0.717) is 22.8 Å². The third-order valence-corrected chi connectivity index (χ3v) is 6.60. The van der Waals surface area contributed by atoms with Gasteiger partial charge in [-0.3, -0.25) is 19.2 Å². The highest BCUT2D eigenvalue weighted by Gasteiger charge is 2.49. The number of carbonyl (C=O) groups excluding carboxylic acids is 2. The summed E-state index contributed by atoms with van der Waals surface area (Å²) >= 11 is 0. The Balaban J connectivity index is 1.56. The molecule has 0 bridgehead atoms. The van der Waals surface area contributed by atoms with Gasteiger partial charge < -0.3 is 9.73 Å². The predicted octanol–water partition coefficient (Wildman–Crippen LogP) is 4.63. The third-order valence-electron chi connectivity index (χ3n) is 6.60. The van der Waals surface area contributed by atoms with E-state index in [2.05, 4.69) is 10.4 Å². The fourth-order valence-electron chi connectivity index (χ4n) is 4.46. The minimum absolute atomic E-state index is 0.150. The van der Waals surface area contributed by atoms with Crippen molar-refractivity contribution in [2.45, 2.75) is 39.4 Å². The number of furan rings is 1. The standard InChI is InChI=1S/C27H25FN4O3/c1-17-6-4-7-22(18(17)2)32-25(33)23-14-21(24-8-5-13-35-24)30-31(23)16-27(32,3)26(34)29-15-19-9-11-20(28)12-10-19/h4-14H,15-16H2,1-3H3,(H,29,34). The molecule has 1 aliphatic rings. The van der Waals surface area contributed by atoms with Crippen LogP contribution in [0.15, 0.2) is 71.3 Å². The Labute approximate surface area is 202 Å². The van der Waals surface area contributed by atoms with E-state index in [0.717, 1.165) is 16.7 Å². The van der Waals surface area contributed by atoms with Crippen LogP contribution in [0.2, 0.25) is 0 Å². The van der Waals surface area contributed by atoms with Crippen LogP contribution in [0.4, 0.5) is 10.1 Å². The summed E-state index contributed by atoms with van der Waals surface area (Å²) in [6, 6.07) is 16.9. The molecule has 0 radical (unpaired) electrons. The van der Waals surface area contributed by atoms with Crippen molar-refractivity contribution in [1.29, 1.82) is 0 Å². The zero-order chi connectivity index (χ0) is 24.7. The van der Waals surface area contributed by atoms with Crippen molar-refractivity contribution in [2.75, 3.05) is 4.90 Å². The van der Waals surface area contributed by atoms with Gasteiger partial charge in [-0.25, -0.2) is 4.39 Å². The largest absolute Gasteiger partial charge is 0.463 e. The van der Waals surface area contributed by atoms with Gasteiger partial charge in [0, 0.05) is 18.3 Å². The molecule has 3 heterocycles. The molecular weight excluding hydrogens is 447 g/mol. The molecule has 0 spiro atoms. The number of aromatic nitrogens is 2.